The van der Waals surface area contributed by atoms with Crippen LogP contribution >= 0.6 is 0 Å². The van der Waals surface area contributed by atoms with E-state index >= 15 is 0 Å². The lowest BCUT2D eigenvalue weighted by atomic mass is 10.0. The summed E-state index contributed by atoms with van der Waals surface area (Å²) in [7, 11) is 0. The lowest BCUT2D eigenvalue weighted by molar-refractivity contribution is -0.138. The van der Waals surface area contributed by atoms with Crippen LogP contribution in [-0.4, -0.2) is 11.1 Å². The molecular formula is C10H9FO2. The summed E-state index contributed by atoms with van der Waals surface area (Å²) in [5.74, 6) is -1.54. The predicted octanol–water partition coefficient (Wildman–Crippen LogP) is 1.94. The van der Waals surface area contributed by atoms with Crippen molar-refractivity contribution in [2.24, 2.45) is 0 Å². The number of carbonyl (C=O) groups is 1. The normalized spacial score (nSPS) is 19.9. The van der Waals surface area contributed by atoms with Gasteiger partial charge in [-0.2, -0.15) is 0 Å². The fraction of sp³-hybridized carbons (Fsp3) is 0.300. The molecule has 68 valence electrons. The van der Waals surface area contributed by atoms with Crippen LogP contribution in [0.1, 0.15) is 23.5 Å². The van der Waals surface area contributed by atoms with Gasteiger partial charge in [-0.15, -0.1) is 0 Å². The van der Waals surface area contributed by atoms with Gasteiger partial charge in [0.1, 0.15) is 5.82 Å². The number of halogens is 1. The highest BCUT2D eigenvalue weighted by Crippen LogP contribution is 2.33. The summed E-state index contributed by atoms with van der Waals surface area (Å²) in [6, 6.07) is 4.33. The van der Waals surface area contributed by atoms with Gasteiger partial charge < -0.3 is 5.11 Å². The Hall–Kier alpha value is -1.38. The average Bonchev–Trinajstić information content (AvgIpc) is 2.46. The van der Waals surface area contributed by atoms with Gasteiger partial charge in [0.25, 0.3) is 0 Å². The highest BCUT2D eigenvalue weighted by molar-refractivity contribution is 5.77. The second kappa shape index (κ2) is 2.83. The second-order valence-electron chi connectivity index (χ2n) is 3.27. The van der Waals surface area contributed by atoms with Gasteiger partial charge in [0.15, 0.2) is 0 Å². The van der Waals surface area contributed by atoms with Gasteiger partial charge in [0, 0.05) is 0 Å². The van der Waals surface area contributed by atoms with Gasteiger partial charge >= 0.3 is 5.97 Å². The topological polar surface area (TPSA) is 37.3 Å². The van der Waals surface area contributed by atoms with Crippen LogP contribution < -0.4 is 0 Å². The maximum atomic E-state index is 12.7. The molecule has 0 saturated carbocycles. The number of hydrogen-bond acceptors (Lipinski definition) is 1. The van der Waals surface area contributed by atoms with E-state index in [4.69, 9.17) is 5.11 Å². The molecule has 1 atom stereocenters. The summed E-state index contributed by atoms with van der Waals surface area (Å²) < 4.78 is 12.7. The molecule has 0 spiro atoms. The van der Waals surface area contributed by atoms with Crippen molar-refractivity contribution < 1.29 is 14.3 Å². The SMILES string of the molecule is O=C(O)C1CCc2cc(F)ccc21. The molecular weight excluding hydrogens is 171 g/mol. The van der Waals surface area contributed by atoms with Crippen LogP contribution in [0.25, 0.3) is 0 Å². The highest BCUT2D eigenvalue weighted by atomic mass is 19.1. The molecule has 2 rings (SSSR count). The maximum Gasteiger partial charge on any atom is 0.310 e. The number of hydrogen-bond donors (Lipinski definition) is 1. The standard InChI is InChI=1S/C10H9FO2/c11-7-2-4-8-6(5-7)1-3-9(8)10(12)13/h2,4-5,9H,1,3H2,(H,12,13). The zero-order valence-corrected chi connectivity index (χ0v) is 6.96. The largest absolute Gasteiger partial charge is 0.481 e. The highest BCUT2D eigenvalue weighted by Gasteiger charge is 2.28. The number of carboxylic acids is 1. The molecule has 0 amide bonds. The Bertz CT molecular complexity index is 360. The van der Waals surface area contributed by atoms with Crippen LogP contribution in [0.15, 0.2) is 18.2 Å². The second-order valence-corrected chi connectivity index (χ2v) is 3.27. The van der Waals surface area contributed by atoms with Crippen LogP contribution in [0.2, 0.25) is 0 Å². The predicted molar refractivity (Wildman–Crippen MR) is 45.1 cm³/mol. The first kappa shape index (κ1) is 8.23. The summed E-state index contributed by atoms with van der Waals surface area (Å²) in [5, 5.41) is 8.84. The van der Waals surface area contributed by atoms with E-state index in [0.29, 0.717) is 12.8 Å². The van der Waals surface area contributed by atoms with E-state index in [1.165, 1.54) is 12.1 Å². The van der Waals surface area contributed by atoms with E-state index in [1.54, 1.807) is 6.07 Å². The Balaban J connectivity index is 2.44. The van der Waals surface area contributed by atoms with Gasteiger partial charge in [-0.3, -0.25) is 4.79 Å². The molecule has 1 aliphatic rings. The first-order chi connectivity index (χ1) is 6.18. The van der Waals surface area contributed by atoms with Crippen molar-refractivity contribution in [3.05, 3.63) is 35.1 Å². The summed E-state index contributed by atoms with van der Waals surface area (Å²) in [5.41, 5.74) is 1.61. The van der Waals surface area contributed by atoms with Gasteiger partial charge in [0.2, 0.25) is 0 Å². The summed E-state index contributed by atoms with van der Waals surface area (Å²) >= 11 is 0. The van der Waals surface area contributed by atoms with Crippen LogP contribution in [0, 0.1) is 5.82 Å². The fourth-order valence-corrected chi connectivity index (χ4v) is 1.84. The smallest absolute Gasteiger partial charge is 0.310 e. The Kier molecular flexibility index (Phi) is 1.79. The minimum absolute atomic E-state index is 0.287. The molecule has 0 radical (unpaired) electrons. The monoisotopic (exact) mass is 180 g/mol. The van der Waals surface area contributed by atoms with E-state index in [2.05, 4.69) is 0 Å². The van der Waals surface area contributed by atoms with Gasteiger partial charge in [0.05, 0.1) is 5.92 Å². The zero-order valence-electron chi connectivity index (χ0n) is 6.96. The minimum Gasteiger partial charge on any atom is -0.481 e. The number of benzene rings is 1. The molecule has 3 heteroatoms. The summed E-state index contributed by atoms with van der Waals surface area (Å²) in [6.07, 6.45) is 1.26. The first-order valence-electron chi connectivity index (χ1n) is 4.19. The van der Waals surface area contributed by atoms with E-state index in [0.717, 1.165) is 11.1 Å². The van der Waals surface area contributed by atoms with Gasteiger partial charge in [-0.25, -0.2) is 4.39 Å². The Morgan fingerprint density at radius 3 is 3.00 bits per heavy atom. The quantitative estimate of drug-likeness (QED) is 0.717. The number of fused-ring (bicyclic) bond motifs is 1. The van der Waals surface area contributed by atoms with Crippen molar-refractivity contribution in [1.82, 2.24) is 0 Å². The minimum atomic E-state index is -0.814. The number of carboxylic acid groups (broad SMARTS) is 1. The van der Waals surface area contributed by atoms with Gasteiger partial charge in [-0.1, -0.05) is 6.07 Å². The van der Waals surface area contributed by atoms with Gasteiger partial charge in [-0.05, 0) is 36.1 Å². The van der Waals surface area contributed by atoms with E-state index < -0.39 is 11.9 Å². The maximum absolute atomic E-state index is 12.7. The summed E-state index contributed by atoms with van der Waals surface area (Å²) in [4.78, 5) is 10.8. The first-order valence-corrected chi connectivity index (χ1v) is 4.19. The fourth-order valence-electron chi connectivity index (χ4n) is 1.84. The van der Waals surface area contributed by atoms with E-state index in [-0.39, 0.29) is 5.82 Å². The number of aryl methyl sites for hydroxylation is 1. The van der Waals surface area contributed by atoms with Crippen molar-refractivity contribution in [3.63, 3.8) is 0 Å². The molecule has 1 aliphatic carbocycles. The molecule has 13 heavy (non-hydrogen) atoms. The third kappa shape index (κ3) is 1.30. The third-order valence-electron chi connectivity index (χ3n) is 2.48. The van der Waals surface area contributed by atoms with E-state index in [1.807, 2.05) is 0 Å². The van der Waals surface area contributed by atoms with Crippen LogP contribution in [0.4, 0.5) is 4.39 Å². The van der Waals surface area contributed by atoms with Crippen LogP contribution in [0.3, 0.4) is 0 Å². The molecule has 1 N–H and O–H groups in total. The molecule has 0 aromatic heterocycles. The van der Waals surface area contributed by atoms with Crippen molar-refractivity contribution in [1.29, 1.82) is 0 Å². The average molecular weight is 180 g/mol. The lowest BCUT2D eigenvalue weighted by Gasteiger charge is -2.04. The molecule has 2 nitrogen and oxygen atoms in total. The molecule has 0 aliphatic heterocycles. The lowest BCUT2D eigenvalue weighted by Crippen LogP contribution is -2.07. The van der Waals surface area contributed by atoms with Crippen LogP contribution in [0.5, 0.6) is 0 Å². The molecule has 0 heterocycles. The van der Waals surface area contributed by atoms with Crippen molar-refractivity contribution in [2.75, 3.05) is 0 Å². The molecule has 0 fully saturated rings. The summed E-state index contributed by atoms with van der Waals surface area (Å²) in [6.45, 7) is 0. The van der Waals surface area contributed by atoms with Crippen molar-refractivity contribution in [2.45, 2.75) is 18.8 Å². The Morgan fingerprint density at radius 1 is 1.54 bits per heavy atom. The number of rotatable bonds is 1. The van der Waals surface area contributed by atoms with Crippen molar-refractivity contribution >= 4 is 5.97 Å². The molecule has 1 aromatic rings. The zero-order chi connectivity index (χ0) is 9.42. The third-order valence-corrected chi connectivity index (χ3v) is 2.48. The Labute approximate surface area is 75.0 Å². The number of aliphatic carboxylic acids is 1. The Morgan fingerprint density at radius 2 is 2.31 bits per heavy atom. The van der Waals surface area contributed by atoms with Crippen LogP contribution in [-0.2, 0) is 11.2 Å². The molecule has 1 aromatic carbocycles. The van der Waals surface area contributed by atoms with E-state index in [9.17, 15) is 9.18 Å². The molecule has 0 saturated heterocycles. The molecule has 0 bridgehead atoms. The van der Waals surface area contributed by atoms with Crippen molar-refractivity contribution in [3.8, 4) is 0 Å². The molecule has 1 unspecified atom stereocenters.